The van der Waals surface area contributed by atoms with Crippen LogP contribution in [0.1, 0.15) is 12.8 Å². The first-order chi connectivity index (χ1) is 20.2. The van der Waals surface area contributed by atoms with E-state index in [1.54, 1.807) is 6.07 Å². The van der Waals surface area contributed by atoms with Crippen molar-refractivity contribution in [3.63, 3.8) is 0 Å². The highest BCUT2D eigenvalue weighted by Crippen LogP contribution is 2.38. The fourth-order valence-corrected chi connectivity index (χ4v) is 6.83. The molecule has 2 N–H and O–H groups in total. The third kappa shape index (κ3) is 4.89. The molecule has 0 fully saturated rings. The van der Waals surface area contributed by atoms with Gasteiger partial charge in [-0.05, 0) is 34.1 Å². The summed E-state index contributed by atoms with van der Waals surface area (Å²) in [6, 6.07) is 9.19. The number of aromatic amines is 2. The van der Waals surface area contributed by atoms with E-state index in [1.807, 2.05) is 24.3 Å². The van der Waals surface area contributed by atoms with Crippen LogP contribution in [0.3, 0.4) is 0 Å². The van der Waals surface area contributed by atoms with E-state index in [2.05, 4.69) is 68.2 Å². The largest absolute Gasteiger partial charge is 0.351 e. The lowest BCUT2D eigenvalue weighted by molar-refractivity contribution is -0.870. The summed E-state index contributed by atoms with van der Waals surface area (Å²) in [5, 5.41) is 1.88. The molecule has 0 saturated heterocycles. The van der Waals surface area contributed by atoms with Gasteiger partial charge in [0.25, 0.3) is 22.2 Å². The number of nitrogens with one attached hydrogen (secondary N) is 2. The topological polar surface area (TPSA) is 110 Å². The Balaban J connectivity index is 1.79. The molecule has 0 aliphatic carbocycles. The van der Waals surface area contributed by atoms with Gasteiger partial charge in [0.1, 0.15) is 0 Å². The summed E-state index contributed by atoms with van der Waals surface area (Å²) in [6.07, 6.45) is 1.26. The minimum absolute atomic E-state index is 0.251. The van der Waals surface area contributed by atoms with Gasteiger partial charge in [0, 0.05) is 46.6 Å². The molecule has 6 rings (SSSR count). The second-order valence-corrected chi connectivity index (χ2v) is 14.4. The zero-order valence-electron chi connectivity index (χ0n) is 25.4. The summed E-state index contributed by atoms with van der Waals surface area (Å²) in [4.78, 5) is 63.3. The Morgan fingerprint density at radius 3 is 1.56 bits per heavy atom. The number of hydrogen-bond donors (Lipinski definition) is 2. The van der Waals surface area contributed by atoms with Gasteiger partial charge in [-0.3, -0.25) is 28.3 Å². The normalized spacial score (nSPS) is 13.0. The number of pyridine rings is 2. The van der Waals surface area contributed by atoms with Gasteiger partial charge in [-0.1, -0.05) is 12.1 Å². The first kappa shape index (κ1) is 29.3. The molecular formula is C32H37BrN6O4+2. The highest BCUT2D eigenvalue weighted by Gasteiger charge is 2.27. The van der Waals surface area contributed by atoms with E-state index in [1.165, 1.54) is 9.13 Å². The Hall–Kier alpha value is -3.80. The average molecular weight is 650 g/mol. The van der Waals surface area contributed by atoms with E-state index in [0.29, 0.717) is 64.2 Å². The molecule has 0 radical (unpaired) electrons. The summed E-state index contributed by atoms with van der Waals surface area (Å²) in [6.45, 7) is 2.06. The Morgan fingerprint density at radius 1 is 0.628 bits per heavy atom. The van der Waals surface area contributed by atoms with Crippen LogP contribution in [0.4, 0.5) is 0 Å². The molecule has 224 valence electrons. The van der Waals surface area contributed by atoms with E-state index in [-0.39, 0.29) is 18.5 Å². The van der Waals surface area contributed by atoms with Crippen molar-refractivity contribution in [2.75, 3.05) is 55.4 Å². The number of rotatable bonds is 8. The summed E-state index contributed by atoms with van der Waals surface area (Å²) >= 11 is 3.58. The molecule has 0 amide bonds. The van der Waals surface area contributed by atoms with Crippen LogP contribution >= 0.6 is 15.9 Å². The van der Waals surface area contributed by atoms with Gasteiger partial charge in [-0.15, -0.1) is 0 Å². The molecule has 3 aromatic carbocycles. The minimum atomic E-state index is -0.440. The maximum atomic E-state index is 14.3. The number of hydrogen-bond acceptors (Lipinski definition) is 4. The Labute approximate surface area is 255 Å². The summed E-state index contributed by atoms with van der Waals surface area (Å²) < 4.78 is 4.42. The van der Waals surface area contributed by atoms with E-state index in [4.69, 9.17) is 0 Å². The van der Waals surface area contributed by atoms with Crippen molar-refractivity contribution in [1.82, 2.24) is 19.1 Å². The lowest BCUT2D eigenvalue weighted by atomic mass is 9.94. The van der Waals surface area contributed by atoms with E-state index in [9.17, 15) is 19.2 Å². The lowest BCUT2D eigenvalue weighted by Crippen LogP contribution is -2.39. The molecule has 0 saturated carbocycles. The SMILES string of the molecule is C[N+](C)(C)CCCn1c(=O)c2cc(Br)c3c(=O)n(CCC[N+](C)(C)C)c(=O)c4c5[nH]c6ccccc6[nH]c5c(c1=O)c2c34. The van der Waals surface area contributed by atoms with Crippen molar-refractivity contribution in [2.24, 2.45) is 0 Å². The van der Waals surface area contributed by atoms with Crippen LogP contribution in [0.15, 0.2) is 54.0 Å². The number of quaternary nitrogens is 2. The van der Waals surface area contributed by atoms with Gasteiger partial charge < -0.3 is 18.9 Å². The van der Waals surface area contributed by atoms with Gasteiger partial charge in [0.05, 0.1) is 93.6 Å². The molecule has 0 aliphatic heterocycles. The third-order valence-corrected chi connectivity index (χ3v) is 8.87. The fourth-order valence-electron chi connectivity index (χ4n) is 6.23. The Kier molecular flexibility index (Phi) is 6.91. The second kappa shape index (κ2) is 10.1. The molecule has 0 spiro atoms. The standard InChI is InChI=1S/C32H35BrN6O4/c1-38(2,3)15-9-13-36-29(40)18-17-19(33)23-24-22(18)25(31(36)42)27-28(35-21-12-8-7-11-20(21)34-27)26(24)32(43)37(30(23)41)14-10-16-39(4,5)6/h7-8,11-12,17H,9-10,13-16H2,1-6H3/p+2. The molecule has 3 aromatic heterocycles. The Morgan fingerprint density at radius 2 is 1.07 bits per heavy atom. The number of nitrogens with zero attached hydrogens (tertiary/aromatic N) is 4. The van der Waals surface area contributed by atoms with Crippen LogP contribution in [0.5, 0.6) is 0 Å². The molecule has 10 nitrogen and oxygen atoms in total. The molecule has 6 aromatic rings. The number of H-pyrrole nitrogens is 2. The molecule has 0 unspecified atom stereocenters. The Bertz CT molecular complexity index is 2320. The third-order valence-electron chi connectivity index (χ3n) is 8.25. The fraction of sp³-hybridized carbons (Fsp3) is 0.375. The van der Waals surface area contributed by atoms with Crippen LogP contribution in [0.2, 0.25) is 0 Å². The van der Waals surface area contributed by atoms with Gasteiger partial charge in [0.2, 0.25) is 0 Å². The predicted octanol–water partition coefficient (Wildman–Crippen LogP) is 3.55. The quantitative estimate of drug-likeness (QED) is 0.149. The number of aromatic nitrogens is 4. The van der Waals surface area contributed by atoms with Crippen molar-refractivity contribution < 1.29 is 8.97 Å². The number of halogens is 1. The van der Waals surface area contributed by atoms with Crippen LogP contribution in [-0.4, -0.2) is 83.4 Å². The van der Waals surface area contributed by atoms with Gasteiger partial charge in [0.15, 0.2) is 0 Å². The smallest absolute Gasteiger partial charge is 0.263 e. The summed E-state index contributed by atoms with van der Waals surface area (Å²) in [7, 11) is 12.4. The molecule has 3 heterocycles. The molecule has 0 aliphatic rings. The van der Waals surface area contributed by atoms with Gasteiger partial charge in [-0.25, -0.2) is 0 Å². The first-order valence-electron chi connectivity index (χ1n) is 14.5. The molecule has 11 heteroatoms. The van der Waals surface area contributed by atoms with Crippen LogP contribution < -0.4 is 22.2 Å². The highest BCUT2D eigenvalue weighted by molar-refractivity contribution is 9.10. The summed E-state index contributed by atoms with van der Waals surface area (Å²) in [5.41, 5.74) is 0.642. The van der Waals surface area contributed by atoms with Crippen LogP contribution in [0, 0.1) is 0 Å². The van der Waals surface area contributed by atoms with Gasteiger partial charge in [-0.2, -0.15) is 0 Å². The van der Waals surface area contributed by atoms with Crippen molar-refractivity contribution in [1.29, 1.82) is 0 Å². The molecule has 0 atom stereocenters. The van der Waals surface area contributed by atoms with Crippen molar-refractivity contribution in [3.05, 3.63) is 76.2 Å². The maximum absolute atomic E-state index is 14.3. The average Bonchev–Trinajstić information content (AvgIpc) is 2.91. The van der Waals surface area contributed by atoms with Crippen LogP contribution in [-0.2, 0) is 13.1 Å². The minimum Gasteiger partial charge on any atom is -0.351 e. The summed E-state index contributed by atoms with van der Waals surface area (Å²) in [5.74, 6) is 0. The molecular weight excluding hydrogens is 612 g/mol. The second-order valence-electron chi connectivity index (χ2n) is 13.6. The van der Waals surface area contributed by atoms with Crippen molar-refractivity contribution >= 4 is 70.3 Å². The lowest BCUT2D eigenvalue weighted by Gasteiger charge is -2.24. The maximum Gasteiger partial charge on any atom is 0.263 e. The van der Waals surface area contributed by atoms with Crippen LogP contribution in [0.25, 0.3) is 54.4 Å². The van der Waals surface area contributed by atoms with Crippen molar-refractivity contribution in [3.8, 4) is 0 Å². The van der Waals surface area contributed by atoms with E-state index < -0.39 is 22.2 Å². The zero-order valence-corrected chi connectivity index (χ0v) is 27.0. The highest BCUT2D eigenvalue weighted by atomic mass is 79.9. The number of fused-ring (bicyclic) bond motifs is 4. The van der Waals surface area contributed by atoms with E-state index in [0.717, 1.165) is 24.1 Å². The number of para-hydroxylation sites is 2. The predicted molar refractivity (Wildman–Crippen MR) is 178 cm³/mol. The van der Waals surface area contributed by atoms with Crippen molar-refractivity contribution in [2.45, 2.75) is 25.9 Å². The zero-order chi connectivity index (χ0) is 31.0. The monoisotopic (exact) mass is 648 g/mol. The molecule has 43 heavy (non-hydrogen) atoms. The van der Waals surface area contributed by atoms with E-state index >= 15 is 0 Å². The number of benzene rings is 3. The van der Waals surface area contributed by atoms with Gasteiger partial charge >= 0.3 is 0 Å². The molecule has 0 bridgehead atoms. The first-order valence-corrected chi connectivity index (χ1v) is 15.3.